The van der Waals surface area contributed by atoms with E-state index in [1.165, 1.54) is 0 Å². The van der Waals surface area contributed by atoms with Gasteiger partial charge >= 0.3 is 0 Å². The summed E-state index contributed by atoms with van der Waals surface area (Å²) in [5.41, 5.74) is 2.51. The van der Waals surface area contributed by atoms with E-state index in [1.807, 2.05) is 19.1 Å². The number of benzene rings is 2. The predicted molar refractivity (Wildman–Crippen MR) is 116 cm³/mol. The quantitative estimate of drug-likeness (QED) is 0.762. The second-order valence-corrected chi connectivity index (χ2v) is 6.98. The molecule has 0 aromatic heterocycles. The van der Waals surface area contributed by atoms with Crippen molar-refractivity contribution in [2.24, 2.45) is 0 Å². The van der Waals surface area contributed by atoms with Gasteiger partial charge in [0.15, 0.2) is 11.5 Å². The molecule has 2 aromatic rings. The second-order valence-electron chi connectivity index (χ2n) is 6.98. The molecule has 1 aliphatic rings. The van der Waals surface area contributed by atoms with E-state index in [-0.39, 0.29) is 18.4 Å². The smallest absolute Gasteiger partial charge is 0.254 e. The Morgan fingerprint density at radius 2 is 1.84 bits per heavy atom. The largest absolute Gasteiger partial charge is 0.496 e. The van der Waals surface area contributed by atoms with Crippen LogP contribution in [0.5, 0.6) is 23.0 Å². The molecule has 2 amide bonds. The van der Waals surface area contributed by atoms with Crippen molar-refractivity contribution >= 4 is 11.8 Å². The summed E-state index contributed by atoms with van der Waals surface area (Å²) in [5.74, 6) is 1.86. The van der Waals surface area contributed by atoms with Crippen LogP contribution < -0.4 is 24.3 Å². The summed E-state index contributed by atoms with van der Waals surface area (Å²) in [6.45, 7) is 2.84. The normalized spacial score (nSPS) is 12.9. The lowest BCUT2D eigenvalue weighted by molar-refractivity contribution is -0.131. The molecule has 0 spiro atoms. The molecule has 31 heavy (non-hydrogen) atoms. The van der Waals surface area contributed by atoms with Gasteiger partial charge in [0.25, 0.3) is 5.91 Å². The number of methoxy groups -OCH3 is 3. The van der Waals surface area contributed by atoms with Gasteiger partial charge in [-0.2, -0.15) is 0 Å². The Morgan fingerprint density at radius 3 is 2.45 bits per heavy atom. The summed E-state index contributed by atoms with van der Waals surface area (Å²) >= 11 is 0. The Bertz CT molecular complexity index is 989. The fourth-order valence-corrected chi connectivity index (χ4v) is 3.73. The van der Waals surface area contributed by atoms with Crippen LogP contribution in [0.1, 0.15) is 29.3 Å². The number of hydrogen-bond donors (Lipinski definition) is 1. The maximum atomic E-state index is 12.7. The molecule has 1 aliphatic heterocycles. The van der Waals surface area contributed by atoms with Crippen LogP contribution in [0.15, 0.2) is 24.3 Å². The van der Waals surface area contributed by atoms with Crippen molar-refractivity contribution in [1.29, 1.82) is 0 Å². The fraction of sp³-hybridized carbons (Fsp3) is 0.391. The van der Waals surface area contributed by atoms with Gasteiger partial charge in [0.2, 0.25) is 5.91 Å². The topological polar surface area (TPSA) is 86.3 Å². The number of ether oxygens (including phenoxy) is 4. The van der Waals surface area contributed by atoms with E-state index in [2.05, 4.69) is 5.32 Å². The van der Waals surface area contributed by atoms with Crippen LogP contribution in [0.3, 0.4) is 0 Å². The maximum Gasteiger partial charge on any atom is 0.254 e. The number of rotatable bonds is 6. The monoisotopic (exact) mass is 428 g/mol. The molecule has 0 aliphatic carbocycles. The summed E-state index contributed by atoms with van der Waals surface area (Å²) in [4.78, 5) is 26.9. The molecule has 1 heterocycles. The third-order valence-corrected chi connectivity index (χ3v) is 5.31. The molecule has 8 nitrogen and oxygen atoms in total. The molecular formula is C23H28N2O6. The van der Waals surface area contributed by atoms with Gasteiger partial charge in [-0.15, -0.1) is 0 Å². The second kappa shape index (κ2) is 9.59. The first-order chi connectivity index (χ1) is 15.0. The zero-order valence-corrected chi connectivity index (χ0v) is 18.5. The molecule has 0 radical (unpaired) electrons. The predicted octanol–water partition coefficient (Wildman–Crippen LogP) is 2.87. The minimum atomic E-state index is -0.282. The van der Waals surface area contributed by atoms with Crippen molar-refractivity contribution in [3.05, 3.63) is 35.4 Å². The lowest BCUT2D eigenvalue weighted by Crippen LogP contribution is -2.31. The van der Waals surface area contributed by atoms with Crippen LogP contribution in [0.25, 0.3) is 11.1 Å². The standard InChI is InChI=1S/C23H28N2O6/c1-6-20(26)25-9-10-31-22-16(23(27)24-2)12-15(21(30-5)17(22)13-25)14-7-8-18(28-3)19(11-14)29-4/h7-8,11-12H,6,9-10,13H2,1-5H3,(H,24,27). The van der Waals surface area contributed by atoms with Crippen molar-refractivity contribution in [2.45, 2.75) is 19.9 Å². The summed E-state index contributed by atoms with van der Waals surface area (Å²) in [5, 5.41) is 2.67. The van der Waals surface area contributed by atoms with E-state index in [0.29, 0.717) is 59.3 Å². The molecule has 8 heteroatoms. The van der Waals surface area contributed by atoms with Crippen LogP contribution in [0.4, 0.5) is 0 Å². The molecule has 0 saturated heterocycles. The maximum absolute atomic E-state index is 12.7. The van der Waals surface area contributed by atoms with E-state index < -0.39 is 0 Å². The van der Waals surface area contributed by atoms with Gasteiger partial charge in [-0.1, -0.05) is 13.0 Å². The number of amides is 2. The lowest BCUT2D eigenvalue weighted by atomic mass is 9.95. The summed E-state index contributed by atoms with van der Waals surface area (Å²) in [6, 6.07) is 7.23. The van der Waals surface area contributed by atoms with Crippen LogP contribution in [0, 0.1) is 0 Å². The number of fused-ring (bicyclic) bond motifs is 1. The molecular weight excluding hydrogens is 400 g/mol. The minimum absolute atomic E-state index is 0.0107. The summed E-state index contributed by atoms with van der Waals surface area (Å²) < 4.78 is 22.5. The molecule has 0 saturated carbocycles. The Morgan fingerprint density at radius 1 is 1.10 bits per heavy atom. The Hall–Kier alpha value is -3.42. The van der Waals surface area contributed by atoms with Crippen LogP contribution in [-0.2, 0) is 11.3 Å². The lowest BCUT2D eigenvalue weighted by Gasteiger charge is -2.22. The third-order valence-electron chi connectivity index (χ3n) is 5.31. The molecule has 0 fully saturated rings. The van der Waals surface area contributed by atoms with Gasteiger partial charge in [0, 0.05) is 19.0 Å². The number of carbonyl (C=O) groups excluding carboxylic acids is 2. The number of hydrogen-bond acceptors (Lipinski definition) is 6. The Kier molecular flexibility index (Phi) is 6.89. The average Bonchev–Trinajstić information content (AvgIpc) is 3.04. The van der Waals surface area contributed by atoms with E-state index >= 15 is 0 Å². The van der Waals surface area contributed by atoms with E-state index in [0.717, 1.165) is 5.56 Å². The summed E-state index contributed by atoms with van der Waals surface area (Å²) in [7, 11) is 6.27. The van der Waals surface area contributed by atoms with Crippen LogP contribution in [-0.4, -0.2) is 58.2 Å². The molecule has 0 unspecified atom stereocenters. The minimum Gasteiger partial charge on any atom is -0.496 e. The highest BCUT2D eigenvalue weighted by Crippen LogP contribution is 2.44. The Labute approximate surface area is 182 Å². The van der Waals surface area contributed by atoms with Crippen molar-refractivity contribution in [3.8, 4) is 34.1 Å². The third kappa shape index (κ3) is 4.23. The van der Waals surface area contributed by atoms with Crippen LogP contribution >= 0.6 is 0 Å². The van der Waals surface area contributed by atoms with Gasteiger partial charge in [0.1, 0.15) is 18.1 Å². The first kappa shape index (κ1) is 22.3. The van der Waals surface area contributed by atoms with E-state index in [4.69, 9.17) is 18.9 Å². The average molecular weight is 428 g/mol. The Balaban J connectivity index is 2.27. The SMILES string of the molecule is CCC(=O)N1CCOc2c(C(=O)NC)cc(-c3ccc(OC)c(OC)c3)c(OC)c2C1. The van der Waals surface area contributed by atoms with Gasteiger partial charge in [-0.3, -0.25) is 9.59 Å². The molecule has 2 aromatic carbocycles. The van der Waals surface area contributed by atoms with Crippen molar-refractivity contribution in [2.75, 3.05) is 41.5 Å². The molecule has 166 valence electrons. The van der Waals surface area contributed by atoms with Crippen molar-refractivity contribution < 1.29 is 28.5 Å². The first-order valence-corrected chi connectivity index (χ1v) is 10.1. The fourth-order valence-electron chi connectivity index (χ4n) is 3.73. The number of carbonyl (C=O) groups is 2. The van der Waals surface area contributed by atoms with Crippen LogP contribution in [0.2, 0.25) is 0 Å². The highest BCUT2D eigenvalue weighted by atomic mass is 16.5. The van der Waals surface area contributed by atoms with E-state index in [1.54, 1.807) is 45.4 Å². The van der Waals surface area contributed by atoms with Crippen molar-refractivity contribution in [3.63, 3.8) is 0 Å². The molecule has 0 atom stereocenters. The van der Waals surface area contributed by atoms with Crippen molar-refractivity contribution in [1.82, 2.24) is 10.2 Å². The summed E-state index contributed by atoms with van der Waals surface area (Å²) in [6.07, 6.45) is 0.384. The van der Waals surface area contributed by atoms with Gasteiger partial charge in [-0.25, -0.2) is 0 Å². The number of nitrogens with zero attached hydrogens (tertiary/aromatic N) is 1. The van der Waals surface area contributed by atoms with Gasteiger partial charge in [0.05, 0.1) is 45.5 Å². The first-order valence-electron chi connectivity index (χ1n) is 10.1. The molecule has 3 rings (SSSR count). The van der Waals surface area contributed by atoms with E-state index in [9.17, 15) is 9.59 Å². The van der Waals surface area contributed by atoms with Gasteiger partial charge in [-0.05, 0) is 23.8 Å². The highest BCUT2D eigenvalue weighted by molar-refractivity contribution is 6.00. The molecule has 0 bridgehead atoms. The molecule has 1 N–H and O–H groups in total. The number of nitrogens with one attached hydrogen (secondary N) is 1. The van der Waals surface area contributed by atoms with Gasteiger partial charge < -0.3 is 29.2 Å². The zero-order valence-electron chi connectivity index (χ0n) is 18.5. The zero-order chi connectivity index (χ0) is 22.5. The highest BCUT2D eigenvalue weighted by Gasteiger charge is 2.29.